The van der Waals surface area contributed by atoms with Crippen LogP contribution in [0.4, 0.5) is 0 Å². The number of carboxylic acid groups (broad SMARTS) is 1. The number of nitrogens with one attached hydrogen (secondary N) is 1. The first-order chi connectivity index (χ1) is 9.89. The van der Waals surface area contributed by atoms with Crippen molar-refractivity contribution < 1.29 is 15.0 Å². The summed E-state index contributed by atoms with van der Waals surface area (Å²) < 4.78 is 0. The molecule has 3 N–H and O–H groups in total. The fourth-order valence-corrected chi connectivity index (χ4v) is 2.89. The molecule has 116 valence electrons. The highest BCUT2D eigenvalue weighted by atomic mass is 16.4. The number of hydrogen-bond acceptors (Lipinski definition) is 3. The highest BCUT2D eigenvalue weighted by Crippen LogP contribution is 2.32. The van der Waals surface area contributed by atoms with Crippen LogP contribution in [0.1, 0.15) is 49.8 Å². The molecule has 0 unspecified atom stereocenters. The molecule has 1 aliphatic carbocycles. The van der Waals surface area contributed by atoms with Crippen LogP contribution in [0.25, 0.3) is 0 Å². The maximum Gasteiger partial charge on any atom is 0.306 e. The molecule has 4 nitrogen and oxygen atoms in total. The molecule has 0 aliphatic heterocycles. The van der Waals surface area contributed by atoms with Crippen molar-refractivity contribution >= 4 is 5.97 Å². The molecule has 1 fully saturated rings. The van der Waals surface area contributed by atoms with E-state index in [2.05, 4.69) is 43.4 Å². The van der Waals surface area contributed by atoms with Crippen molar-refractivity contribution in [3.05, 3.63) is 35.4 Å². The van der Waals surface area contributed by atoms with Gasteiger partial charge < -0.3 is 15.5 Å². The molecule has 0 saturated heterocycles. The lowest BCUT2D eigenvalue weighted by molar-refractivity contribution is -0.144. The number of aryl methyl sites for hydroxylation is 1. The minimum atomic E-state index is -0.773. The van der Waals surface area contributed by atoms with Gasteiger partial charge in [0.1, 0.15) is 0 Å². The molecule has 0 spiro atoms. The van der Waals surface area contributed by atoms with Gasteiger partial charge in [-0.25, -0.2) is 0 Å². The highest BCUT2D eigenvalue weighted by Gasteiger charge is 2.35. The zero-order valence-corrected chi connectivity index (χ0v) is 12.8. The number of carbonyl (C=O) groups is 1. The van der Waals surface area contributed by atoms with Crippen molar-refractivity contribution in [2.45, 2.75) is 51.2 Å². The number of aliphatic carboxylic acids is 1. The van der Waals surface area contributed by atoms with Gasteiger partial charge in [-0.3, -0.25) is 4.79 Å². The van der Waals surface area contributed by atoms with Crippen molar-refractivity contribution in [2.75, 3.05) is 6.54 Å². The van der Waals surface area contributed by atoms with Crippen molar-refractivity contribution in [2.24, 2.45) is 5.92 Å². The topological polar surface area (TPSA) is 69.6 Å². The minimum absolute atomic E-state index is 0.173. The normalized spacial score (nSPS) is 27.3. The Morgan fingerprint density at radius 3 is 2.43 bits per heavy atom. The summed E-state index contributed by atoms with van der Waals surface area (Å²) in [5.41, 5.74) is 1.66. The first kappa shape index (κ1) is 16.0. The van der Waals surface area contributed by atoms with Gasteiger partial charge in [0, 0.05) is 12.6 Å². The van der Waals surface area contributed by atoms with Gasteiger partial charge in [0.25, 0.3) is 0 Å². The number of benzene rings is 1. The Morgan fingerprint density at radius 1 is 1.33 bits per heavy atom. The molecule has 1 aromatic rings. The molecule has 1 atom stereocenters. The molecule has 0 heterocycles. The first-order valence-corrected chi connectivity index (χ1v) is 7.65. The largest absolute Gasteiger partial charge is 0.481 e. The van der Waals surface area contributed by atoms with E-state index in [4.69, 9.17) is 5.11 Å². The molecule has 1 saturated carbocycles. The Morgan fingerprint density at radius 2 is 1.90 bits per heavy atom. The average molecular weight is 291 g/mol. The molecule has 4 heteroatoms. The summed E-state index contributed by atoms with van der Waals surface area (Å²) in [7, 11) is 0. The predicted molar refractivity (Wildman–Crippen MR) is 82.1 cm³/mol. The number of carboxylic acids is 1. The fourth-order valence-electron chi connectivity index (χ4n) is 2.89. The van der Waals surface area contributed by atoms with Crippen LogP contribution in [-0.2, 0) is 4.79 Å². The zero-order valence-electron chi connectivity index (χ0n) is 12.8. The van der Waals surface area contributed by atoms with Gasteiger partial charge >= 0.3 is 5.97 Å². The van der Waals surface area contributed by atoms with Gasteiger partial charge in [0.2, 0.25) is 0 Å². The Labute approximate surface area is 126 Å². The minimum Gasteiger partial charge on any atom is -0.481 e. The summed E-state index contributed by atoms with van der Waals surface area (Å²) in [6.07, 6.45) is 2.23. The average Bonchev–Trinajstić information content (AvgIpc) is 2.46. The van der Waals surface area contributed by atoms with E-state index < -0.39 is 11.6 Å². The summed E-state index contributed by atoms with van der Waals surface area (Å²) in [6, 6.07) is 8.53. The standard InChI is InChI=1S/C17H25NO3/c1-12-3-5-14(6-4-12)13(2)18-11-17(21)9-7-15(8-10-17)16(19)20/h3-6,13,15,18,21H,7-11H2,1-2H3,(H,19,20)/t13-,15?,17?/m0/s1. The van der Waals surface area contributed by atoms with Crippen LogP contribution in [0.3, 0.4) is 0 Å². The van der Waals surface area contributed by atoms with Crippen LogP contribution in [0.2, 0.25) is 0 Å². The van der Waals surface area contributed by atoms with E-state index >= 15 is 0 Å². The maximum absolute atomic E-state index is 10.9. The molecular formula is C17H25NO3. The molecule has 0 radical (unpaired) electrons. The summed E-state index contributed by atoms with van der Waals surface area (Å²) in [5, 5.41) is 22.9. The maximum atomic E-state index is 10.9. The van der Waals surface area contributed by atoms with Gasteiger partial charge in [-0.1, -0.05) is 29.8 Å². The predicted octanol–water partition coefficient (Wildman–Crippen LogP) is 2.65. The van der Waals surface area contributed by atoms with Crippen LogP contribution in [-0.4, -0.2) is 28.3 Å². The van der Waals surface area contributed by atoms with Crippen LogP contribution in [0.15, 0.2) is 24.3 Å². The van der Waals surface area contributed by atoms with E-state index in [0.717, 1.165) is 0 Å². The number of rotatable bonds is 5. The van der Waals surface area contributed by atoms with E-state index in [1.165, 1.54) is 11.1 Å². The first-order valence-electron chi connectivity index (χ1n) is 7.65. The molecule has 1 aliphatic rings. The van der Waals surface area contributed by atoms with Crippen LogP contribution < -0.4 is 5.32 Å². The smallest absolute Gasteiger partial charge is 0.306 e. The molecular weight excluding hydrogens is 266 g/mol. The summed E-state index contributed by atoms with van der Waals surface area (Å²) in [4.78, 5) is 10.9. The second-order valence-electron chi connectivity index (χ2n) is 6.35. The fraction of sp³-hybridized carbons (Fsp3) is 0.588. The van der Waals surface area contributed by atoms with E-state index in [1.54, 1.807) is 0 Å². The van der Waals surface area contributed by atoms with E-state index in [0.29, 0.717) is 32.2 Å². The quantitative estimate of drug-likeness (QED) is 0.780. The Balaban J connectivity index is 1.85. The lowest BCUT2D eigenvalue weighted by Crippen LogP contribution is -2.45. The molecule has 0 amide bonds. The van der Waals surface area contributed by atoms with E-state index in [1.807, 2.05) is 0 Å². The van der Waals surface area contributed by atoms with Gasteiger partial charge in [0.05, 0.1) is 11.5 Å². The van der Waals surface area contributed by atoms with E-state index in [-0.39, 0.29) is 12.0 Å². The van der Waals surface area contributed by atoms with Crippen molar-refractivity contribution in [3.8, 4) is 0 Å². The third-order valence-electron chi connectivity index (χ3n) is 4.58. The van der Waals surface area contributed by atoms with Crippen LogP contribution >= 0.6 is 0 Å². The third-order valence-corrected chi connectivity index (χ3v) is 4.58. The monoisotopic (exact) mass is 291 g/mol. The summed E-state index contributed by atoms with van der Waals surface area (Å²) in [6.45, 7) is 4.65. The SMILES string of the molecule is Cc1ccc([C@H](C)NCC2(O)CCC(C(=O)O)CC2)cc1. The van der Waals surface area contributed by atoms with Gasteiger partial charge in [-0.15, -0.1) is 0 Å². The van der Waals surface area contributed by atoms with Gasteiger partial charge in [-0.05, 0) is 45.1 Å². The van der Waals surface area contributed by atoms with E-state index in [9.17, 15) is 9.90 Å². The van der Waals surface area contributed by atoms with Crippen molar-refractivity contribution in [3.63, 3.8) is 0 Å². The Bertz CT molecular complexity index is 475. The lowest BCUT2D eigenvalue weighted by atomic mass is 9.78. The second-order valence-corrected chi connectivity index (χ2v) is 6.35. The Kier molecular flexibility index (Phi) is 5.01. The van der Waals surface area contributed by atoms with Crippen molar-refractivity contribution in [1.29, 1.82) is 0 Å². The molecule has 1 aromatic carbocycles. The second kappa shape index (κ2) is 6.58. The molecule has 0 bridgehead atoms. The Hall–Kier alpha value is -1.39. The number of hydrogen-bond donors (Lipinski definition) is 3. The third kappa shape index (κ3) is 4.29. The van der Waals surface area contributed by atoms with Crippen molar-refractivity contribution in [1.82, 2.24) is 5.32 Å². The zero-order chi connectivity index (χ0) is 15.5. The molecule has 0 aromatic heterocycles. The summed E-state index contributed by atoms with van der Waals surface area (Å²) >= 11 is 0. The highest BCUT2D eigenvalue weighted by molar-refractivity contribution is 5.70. The molecule has 2 rings (SSSR count). The van der Waals surface area contributed by atoms with Crippen LogP contribution in [0.5, 0.6) is 0 Å². The number of aliphatic hydroxyl groups is 1. The van der Waals surface area contributed by atoms with Gasteiger partial charge in [0.15, 0.2) is 0 Å². The molecule has 21 heavy (non-hydrogen) atoms. The summed E-state index contributed by atoms with van der Waals surface area (Å²) in [5.74, 6) is -1.03. The van der Waals surface area contributed by atoms with Gasteiger partial charge in [-0.2, -0.15) is 0 Å². The van der Waals surface area contributed by atoms with Crippen LogP contribution in [0, 0.1) is 12.8 Å². The lowest BCUT2D eigenvalue weighted by Gasteiger charge is -2.35.